The fourth-order valence-corrected chi connectivity index (χ4v) is 3.36. The number of aromatic nitrogens is 4. The van der Waals surface area contributed by atoms with E-state index in [0.29, 0.717) is 22.5 Å². The van der Waals surface area contributed by atoms with Gasteiger partial charge in [0.15, 0.2) is 5.82 Å². The van der Waals surface area contributed by atoms with Crippen molar-refractivity contribution in [2.75, 3.05) is 5.73 Å². The number of nitrogen functional groups attached to an aromatic ring is 1. The van der Waals surface area contributed by atoms with E-state index >= 15 is 0 Å². The van der Waals surface area contributed by atoms with E-state index in [1.165, 1.54) is 32.1 Å². The van der Waals surface area contributed by atoms with Crippen LogP contribution < -0.4 is 5.73 Å². The monoisotopic (exact) mass is 305 g/mol. The van der Waals surface area contributed by atoms with Crippen molar-refractivity contribution in [2.45, 2.75) is 45.1 Å². The summed E-state index contributed by atoms with van der Waals surface area (Å²) >= 11 is 6.08. The highest BCUT2D eigenvalue weighted by Crippen LogP contribution is 2.35. The lowest BCUT2D eigenvalue weighted by atomic mass is 9.84. The van der Waals surface area contributed by atoms with Gasteiger partial charge in [0, 0.05) is 16.3 Å². The van der Waals surface area contributed by atoms with Gasteiger partial charge in [0.1, 0.15) is 0 Å². The quantitative estimate of drug-likeness (QED) is 0.877. The Morgan fingerprint density at radius 2 is 2.05 bits per heavy atom. The van der Waals surface area contributed by atoms with Crippen LogP contribution in [0, 0.1) is 5.92 Å². The van der Waals surface area contributed by atoms with Gasteiger partial charge in [-0.05, 0) is 54.3 Å². The summed E-state index contributed by atoms with van der Waals surface area (Å²) in [5, 5.41) is 12.9. The zero-order chi connectivity index (χ0) is 14.8. The van der Waals surface area contributed by atoms with E-state index in [-0.39, 0.29) is 6.04 Å². The van der Waals surface area contributed by atoms with E-state index < -0.39 is 0 Å². The number of tetrazole rings is 1. The molecule has 0 bridgehead atoms. The molecule has 3 rings (SSSR count). The fraction of sp³-hybridized carbons (Fsp3) is 0.533. The number of anilines is 1. The van der Waals surface area contributed by atoms with Crippen LogP contribution in [0.15, 0.2) is 18.2 Å². The van der Waals surface area contributed by atoms with Crippen LogP contribution in [-0.2, 0) is 0 Å². The number of halogens is 1. The largest absolute Gasteiger partial charge is 0.398 e. The van der Waals surface area contributed by atoms with Crippen molar-refractivity contribution in [1.29, 1.82) is 0 Å². The van der Waals surface area contributed by atoms with Gasteiger partial charge >= 0.3 is 0 Å². The molecule has 1 fully saturated rings. The molecule has 112 valence electrons. The third kappa shape index (κ3) is 2.88. The molecular weight excluding hydrogens is 286 g/mol. The van der Waals surface area contributed by atoms with Gasteiger partial charge in [-0.25, -0.2) is 4.68 Å². The predicted molar refractivity (Wildman–Crippen MR) is 84.0 cm³/mol. The Morgan fingerprint density at radius 3 is 2.81 bits per heavy atom. The van der Waals surface area contributed by atoms with Crippen LogP contribution in [0.25, 0.3) is 11.4 Å². The SMILES string of the molecule is CC(C1CCCCC1)n1nnnc1-c1cc(Cl)ccc1N. The van der Waals surface area contributed by atoms with Gasteiger partial charge < -0.3 is 5.73 Å². The van der Waals surface area contributed by atoms with Crippen molar-refractivity contribution in [3.63, 3.8) is 0 Å². The summed E-state index contributed by atoms with van der Waals surface area (Å²) < 4.78 is 1.90. The topological polar surface area (TPSA) is 69.6 Å². The molecule has 21 heavy (non-hydrogen) atoms. The maximum absolute atomic E-state index is 6.08. The maximum Gasteiger partial charge on any atom is 0.184 e. The molecular formula is C15H20ClN5. The molecule has 0 amide bonds. The maximum atomic E-state index is 6.08. The van der Waals surface area contributed by atoms with Crippen molar-refractivity contribution >= 4 is 17.3 Å². The summed E-state index contributed by atoms with van der Waals surface area (Å²) in [7, 11) is 0. The number of rotatable bonds is 3. The van der Waals surface area contributed by atoms with Gasteiger partial charge in [0.2, 0.25) is 0 Å². The smallest absolute Gasteiger partial charge is 0.184 e. The molecule has 1 aliphatic rings. The highest BCUT2D eigenvalue weighted by atomic mass is 35.5. The van der Waals surface area contributed by atoms with Crippen molar-refractivity contribution in [3.05, 3.63) is 23.2 Å². The first-order chi connectivity index (χ1) is 10.2. The normalized spacial score (nSPS) is 17.8. The van der Waals surface area contributed by atoms with E-state index in [1.54, 1.807) is 12.1 Å². The molecule has 1 saturated carbocycles. The minimum atomic E-state index is 0.272. The second kappa shape index (κ2) is 6.02. The lowest BCUT2D eigenvalue weighted by Gasteiger charge is -2.28. The zero-order valence-electron chi connectivity index (χ0n) is 12.2. The number of nitrogens with zero attached hydrogens (tertiary/aromatic N) is 4. The summed E-state index contributed by atoms with van der Waals surface area (Å²) in [6.45, 7) is 2.19. The molecule has 1 heterocycles. The first-order valence-corrected chi connectivity index (χ1v) is 7.88. The molecule has 1 aliphatic carbocycles. The summed E-state index contributed by atoms with van der Waals surface area (Å²) in [5.41, 5.74) is 7.51. The van der Waals surface area contributed by atoms with Gasteiger partial charge in [0.05, 0.1) is 6.04 Å². The third-order valence-electron chi connectivity index (χ3n) is 4.47. The number of benzene rings is 1. The van der Waals surface area contributed by atoms with Gasteiger partial charge in [-0.2, -0.15) is 0 Å². The minimum Gasteiger partial charge on any atom is -0.398 e. The minimum absolute atomic E-state index is 0.272. The molecule has 0 radical (unpaired) electrons. The first kappa shape index (κ1) is 14.3. The van der Waals surface area contributed by atoms with Crippen LogP contribution in [0.1, 0.15) is 45.1 Å². The summed E-state index contributed by atoms with van der Waals surface area (Å²) in [6.07, 6.45) is 6.42. The van der Waals surface area contributed by atoms with Crippen LogP contribution in [0.5, 0.6) is 0 Å². The lowest BCUT2D eigenvalue weighted by molar-refractivity contribution is 0.249. The van der Waals surface area contributed by atoms with Crippen molar-refractivity contribution in [1.82, 2.24) is 20.2 Å². The molecule has 1 aromatic carbocycles. The Balaban J connectivity index is 1.94. The number of hydrogen-bond donors (Lipinski definition) is 1. The number of hydrogen-bond acceptors (Lipinski definition) is 4. The van der Waals surface area contributed by atoms with Crippen LogP contribution >= 0.6 is 11.6 Å². The molecule has 0 aliphatic heterocycles. The Bertz CT molecular complexity index is 618. The van der Waals surface area contributed by atoms with Gasteiger partial charge in [-0.15, -0.1) is 5.10 Å². The van der Waals surface area contributed by atoms with Crippen LogP contribution in [-0.4, -0.2) is 20.2 Å². The molecule has 0 saturated heterocycles. The Morgan fingerprint density at radius 1 is 1.29 bits per heavy atom. The zero-order valence-corrected chi connectivity index (χ0v) is 12.9. The standard InChI is InChI=1S/C15H20ClN5/c1-10(11-5-3-2-4-6-11)21-15(18-19-20-21)13-9-12(16)7-8-14(13)17/h7-11H,2-6,17H2,1H3. The van der Waals surface area contributed by atoms with Gasteiger partial charge in [-0.3, -0.25) is 0 Å². The predicted octanol–water partition coefficient (Wildman–Crippen LogP) is 3.72. The molecule has 2 aromatic rings. The summed E-state index contributed by atoms with van der Waals surface area (Å²) in [5.74, 6) is 1.33. The van der Waals surface area contributed by atoms with E-state index in [0.717, 1.165) is 5.56 Å². The number of nitrogens with two attached hydrogens (primary N) is 1. The van der Waals surface area contributed by atoms with E-state index in [1.807, 2.05) is 10.7 Å². The Kier molecular flexibility index (Phi) is 4.10. The first-order valence-electron chi connectivity index (χ1n) is 7.50. The average molecular weight is 306 g/mol. The van der Waals surface area contributed by atoms with Crippen molar-refractivity contribution in [2.24, 2.45) is 5.92 Å². The second-order valence-electron chi connectivity index (χ2n) is 5.82. The molecule has 5 nitrogen and oxygen atoms in total. The van der Waals surface area contributed by atoms with E-state index in [2.05, 4.69) is 22.4 Å². The van der Waals surface area contributed by atoms with Gasteiger partial charge in [0.25, 0.3) is 0 Å². The van der Waals surface area contributed by atoms with Gasteiger partial charge in [-0.1, -0.05) is 30.9 Å². The van der Waals surface area contributed by atoms with Crippen LogP contribution in [0.4, 0.5) is 5.69 Å². The van der Waals surface area contributed by atoms with E-state index in [9.17, 15) is 0 Å². The summed E-state index contributed by atoms with van der Waals surface area (Å²) in [4.78, 5) is 0. The fourth-order valence-electron chi connectivity index (χ4n) is 3.18. The molecule has 0 spiro atoms. The highest BCUT2D eigenvalue weighted by molar-refractivity contribution is 6.31. The van der Waals surface area contributed by atoms with Crippen LogP contribution in [0.2, 0.25) is 5.02 Å². The highest BCUT2D eigenvalue weighted by Gasteiger charge is 2.25. The van der Waals surface area contributed by atoms with E-state index in [4.69, 9.17) is 17.3 Å². The Hall–Kier alpha value is -1.62. The molecule has 1 unspecified atom stereocenters. The van der Waals surface area contributed by atoms with Crippen molar-refractivity contribution in [3.8, 4) is 11.4 Å². The van der Waals surface area contributed by atoms with Crippen LogP contribution in [0.3, 0.4) is 0 Å². The molecule has 1 aromatic heterocycles. The summed E-state index contributed by atoms with van der Waals surface area (Å²) in [6, 6.07) is 5.67. The third-order valence-corrected chi connectivity index (χ3v) is 4.70. The second-order valence-corrected chi connectivity index (χ2v) is 6.25. The molecule has 6 heteroatoms. The lowest BCUT2D eigenvalue weighted by Crippen LogP contribution is -2.21. The Labute approximate surface area is 129 Å². The van der Waals surface area contributed by atoms with Crippen molar-refractivity contribution < 1.29 is 0 Å². The molecule has 1 atom stereocenters. The average Bonchev–Trinajstić information content (AvgIpc) is 2.99. The molecule has 2 N–H and O–H groups in total.